The van der Waals surface area contributed by atoms with E-state index in [2.05, 4.69) is 159 Å². The molecule has 2 aliphatic heterocycles. The summed E-state index contributed by atoms with van der Waals surface area (Å²) in [5.41, 5.74) is 2.04. The van der Waals surface area contributed by atoms with Crippen molar-refractivity contribution in [2.24, 2.45) is 0 Å². The molecule has 226 valence electrons. The zero-order valence-corrected chi connectivity index (χ0v) is 27.6. The minimum Gasteiger partial charge on any atom is -0.454 e. The van der Waals surface area contributed by atoms with E-state index in [1.807, 2.05) is 0 Å². The lowest BCUT2D eigenvalue weighted by Gasteiger charge is -2.29. The summed E-state index contributed by atoms with van der Waals surface area (Å²) in [6, 6.07) is 52.2. The molecule has 0 amide bonds. The van der Waals surface area contributed by atoms with Crippen molar-refractivity contribution in [2.45, 2.75) is 0 Å². The summed E-state index contributed by atoms with van der Waals surface area (Å²) < 4.78 is 25.0. The Labute approximate surface area is 271 Å². The molecule has 8 rings (SSSR count). The van der Waals surface area contributed by atoms with Crippen LogP contribution in [0.5, 0.6) is 23.0 Å². The lowest BCUT2D eigenvalue weighted by molar-refractivity contribution is 0.173. The molecule has 0 atom stereocenters. The first-order valence-electron chi connectivity index (χ1n) is 15.4. The van der Waals surface area contributed by atoms with Gasteiger partial charge in [0.15, 0.2) is 23.0 Å². The van der Waals surface area contributed by atoms with Crippen LogP contribution >= 0.6 is 14.5 Å². The van der Waals surface area contributed by atoms with E-state index in [1.54, 1.807) is 0 Å². The van der Waals surface area contributed by atoms with Crippen LogP contribution in [0.4, 0.5) is 0 Å². The van der Waals surface area contributed by atoms with Gasteiger partial charge in [0, 0.05) is 0 Å². The van der Waals surface area contributed by atoms with E-state index < -0.39 is 14.5 Å². The molecule has 0 bridgehead atoms. The van der Waals surface area contributed by atoms with E-state index in [9.17, 15) is 0 Å². The summed E-state index contributed by atoms with van der Waals surface area (Å²) in [5, 5.41) is 7.58. The Morgan fingerprint density at radius 3 is 0.978 bits per heavy atom. The van der Waals surface area contributed by atoms with Crippen LogP contribution in [0.1, 0.15) is 0 Å². The molecule has 6 aromatic carbocycles. The van der Waals surface area contributed by atoms with E-state index >= 15 is 0 Å². The number of hydrogen-bond donors (Lipinski definition) is 0. The first-order chi connectivity index (χ1) is 22.6. The topological polar surface area (TPSA) is 36.9 Å². The largest absolute Gasteiger partial charge is 0.454 e. The smallest absolute Gasteiger partial charge is 0.231 e. The molecule has 0 N–H and O–H groups in total. The minimum atomic E-state index is -2.22. The fourth-order valence-electron chi connectivity index (χ4n) is 6.91. The molecule has 0 aliphatic carbocycles. The highest BCUT2D eigenvalue weighted by molar-refractivity contribution is 7.96. The maximum absolute atomic E-state index is 6.44. The van der Waals surface area contributed by atoms with Crippen molar-refractivity contribution in [3.05, 3.63) is 146 Å². The first-order valence-corrected chi connectivity index (χ1v) is 19.9. The van der Waals surface area contributed by atoms with Gasteiger partial charge in [0.2, 0.25) is 13.6 Å². The second kappa shape index (κ2) is 11.6. The zero-order valence-electron chi connectivity index (χ0n) is 25.8. The van der Waals surface area contributed by atoms with Gasteiger partial charge in [0.05, 0.1) is 24.5 Å². The molecule has 0 radical (unpaired) electrons. The van der Waals surface area contributed by atoms with Gasteiger partial charge in [-0.1, -0.05) is 72.8 Å². The molecular weight excluding hydrogens is 606 g/mol. The Morgan fingerprint density at radius 1 is 0.370 bits per heavy atom. The van der Waals surface area contributed by atoms with Crippen molar-refractivity contribution in [3.63, 3.8) is 0 Å². The molecule has 4 nitrogen and oxygen atoms in total. The summed E-state index contributed by atoms with van der Waals surface area (Å²) in [6.45, 7) is 5.18. The van der Waals surface area contributed by atoms with Gasteiger partial charge in [0.1, 0.15) is 46.4 Å². The maximum atomic E-state index is 6.44. The van der Waals surface area contributed by atoms with Crippen LogP contribution in [0.2, 0.25) is 0 Å². The van der Waals surface area contributed by atoms with Gasteiger partial charge in [-0.3, -0.25) is 0 Å². The highest BCUT2D eigenvalue weighted by Crippen LogP contribution is 2.61. The fourth-order valence-corrected chi connectivity index (χ4v) is 13.8. The molecule has 0 fully saturated rings. The zero-order chi connectivity index (χ0) is 31.1. The number of fused-ring (bicyclic) bond motifs is 2. The Kier molecular flexibility index (Phi) is 7.29. The molecule has 2 heterocycles. The third kappa shape index (κ3) is 4.51. The molecule has 0 aromatic heterocycles. The predicted octanol–water partition coefficient (Wildman–Crippen LogP) is 6.66. The van der Waals surface area contributed by atoms with Crippen LogP contribution in [0, 0.1) is 0 Å². The van der Waals surface area contributed by atoms with Crippen LogP contribution in [-0.2, 0) is 0 Å². The molecular formula is C40H34O4P2+2. The predicted molar refractivity (Wildman–Crippen MR) is 193 cm³/mol. The van der Waals surface area contributed by atoms with E-state index in [4.69, 9.17) is 18.9 Å². The van der Waals surface area contributed by atoms with Crippen LogP contribution in [0.3, 0.4) is 0 Å². The number of rotatable bonds is 7. The van der Waals surface area contributed by atoms with E-state index in [-0.39, 0.29) is 13.6 Å². The SMILES string of the molecule is C[P+](c1ccccc1)(c1ccccc1)c1ccc2c(c1-c1c([P+](C)(c3ccccc3)c3ccccc3)ccc3c1OCO3)OCO2. The molecule has 46 heavy (non-hydrogen) atoms. The second-order valence-electron chi connectivity index (χ2n) is 11.7. The summed E-state index contributed by atoms with van der Waals surface area (Å²) in [5.74, 6) is 3.00. The van der Waals surface area contributed by atoms with Crippen molar-refractivity contribution >= 4 is 46.4 Å². The molecule has 6 heteroatoms. The molecule has 0 saturated carbocycles. The average Bonchev–Trinajstić information content (AvgIpc) is 3.82. The van der Waals surface area contributed by atoms with Crippen molar-refractivity contribution in [2.75, 3.05) is 26.9 Å². The second-order valence-corrected chi connectivity index (χ2v) is 18.8. The maximum Gasteiger partial charge on any atom is 0.231 e. The standard InChI is InChI=1S/C40H34O4P2/c1-45(29-15-7-3-8-16-29,30-17-9-4-10-18-30)35-25-23-33-39(43-27-41-33)37(35)38-36(26-24-34-40(38)44-28-42-34)46(2,31-19-11-5-12-20-31)32-21-13-6-14-22-32/h3-26H,27-28H2,1-2H3/q+2. The van der Waals surface area contributed by atoms with Gasteiger partial charge in [-0.2, -0.15) is 0 Å². The summed E-state index contributed by atoms with van der Waals surface area (Å²) in [7, 11) is -4.44. The summed E-state index contributed by atoms with van der Waals surface area (Å²) in [4.78, 5) is 0. The van der Waals surface area contributed by atoms with Gasteiger partial charge >= 0.3 is 0 Å². The van der Waals surface area contributed by atoms with Gasteiger partial charge in [-0.05, 0) is 72.8 Å². The van der Waals surface area contributed by atoms with Gasteiger partial charge in [-0.25, -0.2) is 0 Å². The summed E-state index contributed by atoms with van der Waals surface area (Å²) >= 11 is 0. The van der Waals surface area contributed by atoms with Gasteiger partial charge in [-0.15, -0.1) is 0 Å². The molecule has 0 spiro atoms. The third-order valence-electron chi connectivity index (χ3n) is 9.34. The Balaban J connectivity index is 1.52. The third-order valence-corrected chi connectivity index (χ3v) is 17.3. The van der Waals surface area contributed by atoms with Crippen molar-refractivity contribution in [3.8, 4) is 34.1 Å². The van der Waals surface area contributed by atoms with Crippen LogP contribution in [-0.4, -0.2) is 26.9 Å². The molecule has 6 aromatic rings. The van der Waals surface area contributed by atoms with Gasteiger partial charge < -0.3 is 18.9 Å². The van der Waals surface area contributed by atoms with Crippen LogP contribution in [0.15, 0.2) is 146 Å². The van der Waals surface area contributed by atoms with E-state index in [1.165, 1.54) is 31.8 Å². The van der Waals surface area contributed by atoms with Crippen molar-refractivity contribution in [1.82, 2.24) is 0 Å². The van der Waals surface area contributed by atoms with E-state index in [0.29, 0.717) is 0 Å². The highest BCUT2D eigenvalue weighted by atomic mass is 31.2. The monoisotopic (exact) mass is 640 g/mol. The molecule has 0 unspecified atom stereocenters. The van der Waals surface area contributed by atoms with Crippen molar-refractivity contribution < 1.29 is 18.9 Å². The Morgan fingerprint density at radius 2 is 0.674 bits per heavy atom. The minimum absolute atomic E-state index is 0.170. The lowest BCUT2D eigenvalue weighted by Crippen LogP contribution is -2.34. The average molecular weight is 641 g/mol. The Hall–Kier alpha value is -4.62. The number of hydrogen-bond acceptors (Lipinski definition) is 4. The van der Waals surface area contributed by atoms with Crippen LogP contribution < -0.4 is 50.8 Å². The summed E-state index contributed by atoms with van der Waals surface area (Å²) in [6.07, 6.45) is 0. The first kappa shape index (κ1) is 28.8. The Bertz CT molecular complexity index is 1790. The normalized spacial score (nSPS) is 13.5. The number of ether oxygens (including phenoxy) is 4. The van der Waals surface area contributed by atoms with Crippen molar-refractivity contribution in [1.29, 1.82) is 0 Å². The highest BCUT2D eigenvalue weighted by Gasteiger charge is 2.50. The molecule has 0 saturated heterocycles. The van der Waals surface area contributed by atoms with Gasteiger partial charge in [0.25, 0.3) is 0 Å². The number of benzene rings is 6. The fraction of sp³-hybridized carbons (Fsp3) is 0.100. The molecule has 2 aliphatic rings. The van der Waals surface area contributed by atoms with E-state index in [0.717, 1.165) is 34.1 Å². The quantitative estimate of drug-likeness (QED) is 0.183. The van der Waals surface area contributed by atoms with Crippen LogP contribution in [0.25, 0.3) is 11.1 Å². The lowest BCUT2D eigenvalue weighted by atomic mass is 10.0.